The fraction of sp³-hybridized carbons (Fsp3) is 0.364. The number of pyridine rings is 1. The van der Waals surface area contributed by atoms with Crippen LogP contribution in [0.2, 0.25) is 0 Å². The van der Waals surface area contributed by atoms with Gasteiger partial charge in [-0.2, -0.15) is 5.12 Å². The molecule has 1 unspecified atom stereocenters. The van der Waals surface area contributed by atoms with Crippen molar-refractivity contribution in [3.05, 3.63) is 30.1 Å². The molecule has 1 aromatic rings. The normalized spacial score (nSPS) is 11.7. The molecule has 1 amide bonds. The molecule has 0 spiro atoms. The molecule has 1 atom stereocenters. The van der Waals surface area contributed by atoms with Crippen molar-refractivity contribution in [2.24, 2.45) is 0 Å². The minimum atomic E-state index is -1.45. The fourth-order valence-corrected chi connectivity index (χ4v) is 1.26. The van der Waals surface area contributed by atoms with E-state index in [9.17, 15) is 14.1 Å². The molecule has 1 rings (SSSR count). The number of hydrogen-bond acceptors (Lipinski definition) is 5. The molecule has 0 saturated heterocycles. The van der Waals surface area contributed by atoms with Gasteiger partial charge in [0.1, 0.15) is 5.69 Å². The topological polar surface area (TPSA) is 68.7 Å². The summed E-state index contributed by atoms with van der Waals surface area (Å²) >= 11 is 0. The van der Waals surface area contributed by atoms with Gasteiger partial charge in [0, 0.05) is 13.3 Å². The minimum Gasteiger partial charge on any atom is -0.467 e. The standard InChI is InChI=1S/C11H13FN2O4/c1-17-7-9(11(16)18-2)14(12)10(15)8-5-3-4-6-13-8/h3-6,9H,7H2,1-2H3. The molecule has 0 aliphatic rings. The zero-order valence-electron chi connectivity index (χ0n) is 10.00. The van der Waals surface area contributed by atoms with Crippen LogP contribution < -0.4 is 0 Å². The average molecular weight is 256 g/mol. The average Bonchev–Trinajstić information content (AvgIpc) is 2.43. The van der Waals surface area contributed by atoms with Crippen LogP contribution in [-0.4, -0.2) is 48.9 Å². The Morgan fingerprint density at radius 1 is 1.44 bits per heavy atom. The van der Waals surface area contributed by atoms with Crippen LogP contribution >= 0.6 is 0 Å². The number of ether oxygens (including phenoxy) is 2. The van der Waals surface area contributed by atoms with Crippen LogP contribution in [0.15, 0.2) is 24.4 Å². The Kier molecular flexibility index (Phi) is 5.19. The van der Waals surface area contributed by atoms with Gasteiger partial charge < -0.3 is 9.47 Å². The summed E-state index contributed by atoms with van der Waals surface area (Å²) < 4.78 is 22.9. The van der Waals surface area contributed by atoms with Crippen molar-refractivity contribution < 1.29 is 23.5 Å². The van der Waals surface area contributed by atoms with E-state index in [1.54, 1.807) is 6.07 Å². The van der Waals surface area contributed by atoms with Gasteiger partial charge in [-0.15, -0.1) is 0 Å². The molecule has 0 N–H and O–H groups in total. The molecule has 0 saturated carbocycles. The summed E-state index contributed by atoms with van der Waals surface area (Å²) in [6.07, 6.45) is 1.35. The van der Waals surface area contributed by atoms with Crippen molar-refractivity contribution in [1.29, 1.82) is 0 Å². The van der Waals surface area contributed by atoms with E-state index in [2.05, 4.69) is 14.5 Å². The van der Waals surface area contributed by atoms with Gasteiger partial charge in [-0.05, 0) is 12.1 Å². The molecule has 0 aromatic carbocycles. The predicted molar refractivity (Wildman–Crippen MR) is 59.2 cm³/mol. The van der Waals surface area contributed by atoms with E-state index >= 15 is 0 Å². The molecule has 1 aromatic heterocycles. The van der Waals surface area contributed by atoms with Gasteiger partial charge in [0.25, 0.3) is 0 Å². The zero-order chi connectivity index (χ0) is 13.5. The maximum absolute atomic E-state index is 13.8. The van der Waals surface area contributed by atoms with Crippen molar-refractivity contribution in [2.75, 3.05) is 20.8 Å². The third kappa shape index (κ3) is 3.24. The van der Waals surface area contributed by atoms with E-state index in [0.717, 1.165) is 7.11 Å². The van der Waals surface area contributed by atoms with Gasteiger partial charge in [0.15, 0.2) is 6.04 Å². The quantitative estimate of drug-likeness (QED) is 0.570. The third-order valence-corrected chi connectivity index (χ3v) is 2.15. The van der Waals surface area contributed by atoms with Crippen molar-refractivity contribution in [2.45, 2.75) is 6.04 Å². The molecule has 1 heterocycles. The van der Waals surface area contributed by atoms with E-state index in [0.29, 0.717) is 0 Å². The van der Waals surface area contributed by atoms with Crippen LogP contribution in [0.25, 0.3) is 0 Å². The van der Waals surface area contributed by atoms with Gasteiger partial charge in [-0.3, -0.25) is 9.78 Å². The number of hydrogen-bond donors (Lipinski definition) is 0. The van der Waals surface area contributed by atoms with E-state index in [4.69, 9.17) is 0 Å². The second-order valence-corrected chi connectivity index (χ2v) is 3.33. The summed E-state index contributed by atoms with van der Waals surface area (Å²) in [6.45, 7) is -0.304. The molecular formula is C11H13FN2O4. The summed E-state index contributed by atoms with van der Waals surface area (Å²) in [4.78, 5) is 26.7. The minimum absolute atomic E-state index is 0.106. The molecule has 6 nitrogen and oxygen atoms in total. The Morgan fingerprint density at radius 3 is 2.67 bits per heavy atom. The molecule has 0 radical (unpaired) electrons. The summed E-state index contributed by atoms with van der Waals surface area (Å²) in [5, 5.41) is -0.238. The number of rotatable bonds is 5. The number of methoxy groups -OCH3 is 2. The lowest BCUT2D eigenvalue weighted by atomic mass is 10.2. The summed E-state index contributed by atoms with van der Waals surface area (Å²) in [7, 11) is 2.39. The highest BCUT2D eigenvalue weighted by molar-refractivity contribution is 5.94. The molecule has 7 heteroatoms. The second-order valence-electron chi connectivity index (χ2n) is 3.33. The zero-order valence-corrected chi connectivity index (χ0v) is 10.00. The number of esters is 1. The van der Waals surface area contributed by atoms with Crippen LogP contribution in [0.3, 0.4) is 0 Å². The Balaban J connectivity index is 2.86. The van der Waals surface area contributed by atoms with Crippen LogP contribution in [-0.2, 0) is 14.3 Å². The van der Waals surface area contributed by atoms with Crippen molar-refractivity contribution in [3.8, 4) is 0 Å². The highest BCUT2D eigenvalue weighted by Gasteiger charge is 2.32. The number of nitrogens with zero attached hydrogens (tertiary/aromatic N) is 2. The first kappa shape index (κ1) is 14.0. The Labute approximate surface area is 103 Å². The highest BCUT2D eigenvalue weighted by atomic mass is 19.2. The number of carbonyl (C=O) groups excluding carboxylic acids is 2. The SMILES string of the molecule is COCC(C(=O)OC)N(F)C(=O)c1ccccn1. The van der Waals surface area contributed by atoms with Gasteiger partial charge in [-0.1, -0.05) is 10.5 Å². The Bertz CT molecular complexity index is 413. The molecule has 0 aliphatic carbocycles. The number of carbonyl (C=O) groups is 2. The van der Waals surface area contributed by atoms with Crippen LogP contribution in [0.4, 0.5) is 4.48 Å². The van der Waals surface area contributed by atoms with Gasteiger partial charge in [0.05, 0.1) is 13.7 Å². The number of amides is 1. The second kappa shape index (κ2) is 6.65. The lowest BCUT2D eigenvalue weighted by Gasteiger charge is -2.20. The van der Waals surface area contributed by atoms with E-state index in [1.807, 2.05) is 0 Å². The van der Waals surface area contributed by atoms with Gasteiger partial charge in [0.2, 0.25) is 0 Å². The van der Waals surface area contributed by atoms with Gasteiger partial charge in [-0.25, -0.2) is 4.79 Å². The molecule has 0 bridgehead atoms. The molecule has 0 fully saturated rings. The smallest absolute Gasteiger partial charge is 0.333 e. The Morgan fingerprint density at radius 2 is 2.17 bits per heavy atom. The molecule has 0 aliphatic heterocycles. The first-order valence-corrected chi connectivity index (χ1v) is 5.09. The Hall–Kier alpha value is -2.02. The van der Waals surface area contributed by atoms with E-state index in [-0.39, 0.29) is 17.4 Å². The van der Waals surface area contributed by atoms with Crippen molar-refractivity contribution in [1.82, 2.24) is 10.1 Å². The summed E-state index contributed by atoms with van der Waals surface area (Å²) in [5.74, 6) is -1.92. The maximum Gasteiger partial charge on any atom is 0.333 e. The lowest BCUT2D eigenvalue weighted by Crippen LogP contribution is -2.43. The third-order valence-electron chi connectivity index (χ3n) is 2.15. The highest BCUT2D eigenvalue weighted by Crippen LogP contribution is 2.09. The van der Waals surface area contributed by atoms with Crippen molar-refractivity contribution >= 4 is 11.9 Å². The number of aromatic nitrogens is 1. The van der Waals surface area contributed by atoms with Crippen molar-refractivity contribution in [3.63, 3.8) is 0 Å². The van der Waals surface area contributed by atoms with E-state index in [1.165, 1.54) is 25.4 Å². The van der Waals surface area contributed by atoms with E-state index < -0.39 is 17.9 Å². The monoisotopic (exact) mass is 256 g/mol. The number of halogens is 1. The summed E-state index contributed by atoms with van der Waals surface area (Å²) in [5.41, 5.74) is -0.106. The fourth-order valence-electron chi connectivity index (χ4n) is 1.26. The molecule has 98 valence electrons. The first-order valence-electron chi connectivity index (χ1n) is 5.09. The largest absolute Gasteiger partial charge is 0.467 e. The summed E-state index contributed by atoms with van der Waals surface area (Å²) in [6, 6.07) is 3.02. The predicted octanol–water partition coefficient (Wildman–Crippen LogP) is 0.596. The van der Waals surface area contributed by atoms with Gasteiger partial charge >= 0.3 is 11.9 Å². The van der Waals surface area contributed by atoms with Crippen LogP contribution in [0.5, 0.6) is 0 Å². The molecule has 18 heavy (non-hydrogen) atoms. The van der Waals surface area contributed by atoms with Crippen LogP contribution in [0, 0.1) is 0 Å². The maximum atomic E-state index is 13.8. The van der Waals surface area contributed by atoms with Crippen LogP contribution in [0.1, 0.15) is 10.5 Å². The first-order chi connectivity index (χ1) is 8.61. The lowest BCUT2D eigenvalue weighted by molar-refractivity contribution is -0.154. The molecular weight excluding hydrogens is 243 g/mol.